The van der Waals surface area contributed by atoms with Crippen molar-refractivity contribution in [1.82, 2.24) is 25.5 Å². The number of carbonyl (C=O) groups excluding carboxylic acids is 2. The Morgan fingerprint density at radius 3 is 2.83 bits per heavy atom. The number of hydrogen-bond acceptors (Lipinski definition) is 6. The minimum atomic E-state index is -1.06. The van der Waals surface area contributed by atoms with E-state index in [9.17, 15) is 14.4 Å². The Labute approximate surface area is 172 Å². The maximum Gasteiger partial charge on any atom is 0.404 e. The number of anilines is 1. The highest BCUT2D eigenvalue weighted by Gasteiger charge is 2.33. The Morgan fingerprint density at radius 1 is 1.27 bits per heavy atom. The van der Waals surface area contributed by atoms with Gasteiger partial charge in [0.2, 0.25) is 5.95 Å². The average Bonchev–Trinajstić information content (AvgIpc) is 3.28. The van der Waals surface area contributed by atoms with Crippen LogP contribution >= 0.6 is 0 Å². The predicted octanol–water partition coefficient (Wildman–Crippen LogP) is 1.42. The van der Waals surface area contributed by atoms with Gasteiger partial charge in [-0.25, -0.2) is 19.6 Å². The molecule has 1 atom stereocenters. The molecule has 2 aromatic rings. The van der Waals surface area contributed by atoms with E-state index < -0.39 is 18.0 Å². The second-order valence-electron chi connectivity index (χ2n) is 7.02. The molecular formula is C20H20N6O4. The molecule has 2 saturated heterocycles. The number of amides is 4. The maximum atomic E-state index is 12.3. The van der Waals surface area contributed by atoms with Crippen molar-refractivity contribution in [2.24, 2.45) is 0 Å². The second kappa shape index (κ2) is 8.19. The number of carbonyl (C=O) groups is 3. The van der Waals surface area contributed by atoms with E-state index in [4.69, 9.17) is 5.11 Å². The van der Waals surface area contributed by atoms with Crippen LogP contribution in [0, 0.1) is 0 Å². The van der Waals surface area contributed by atoms with Crippen molar-refractivity contribution in [1.29, 1.82) is 0 Å². The number of rotatable bonds is 5. The molecule has 3 N–H and O–H groups in total. The molecule has 4 rings (SSSR count). The summed E-state index contributed by atoms with van der Waals surface area (Å²) < 4.78 is 0. The average molecular weight is 408 g/mol. The zero-order valence-electron chi connectivity index (χ0n) is 16.0. The number of nitrogens with one attached hydrogen (secondary N) is 2. The lowest BCUT2D eigenvalue weighted by Crippen LogP contribution is -2.36. The van der Waals surface area contributed by atoms with Crippen LogP contribution in [0.4, 0.5) is 15.5 Å². The summed E-state index contributed by atoms with van der Waals surface area (Å²) >= 11 is 0. The van der Waals surface area contributed by atoms with Crippen LogP contribution < -0.4 is 15.5 Å². The molecule has 0 saturated carbocycles. The SMILES string of the molecule is O=C(O)NC1CCN(c2nccc(/C=C3\C(=O)NC(=O)N3Cc3ccccc3)n2)C1. The van der Waals surface area contributed by atoms with Crippen molar-refractivity contribution in [3.63, 3.8) is 0 Å². The molecule has 3 heterocycles. The minimum absolute atomic E-state index is 0.187. The molecule has 0 aliphatic carbocycles. The first-order valence-electron chi connectivity index (χ1n) is 9.45. The van der Waals surface area contributed by atoms with Gasteiger partial charge in [-0.1, -0.05) is 30.3 Å². The fraction of sp³-hybridized carbons (Fsp3) is 0.250. The minimum Gasteiger partial charge on any atom is -0.465 e. The molecule has 1 aromatic heterocycles. The Hall–Kier alpha value is -3.95. The third-order valence-corrected chi connectivity index (χ3v) is 4.92. The van der Waals surface area contributed by atoms with E-state index in [1.54, 1.807) is 18.3 Å². The van der Waals surface area contributed by atoms with Gasteiger partial charge in [0.25, 0.3) is 5.91 Å². The quantitative estimate of drug-likeness (QED) is 0.504. The van der Waals surface area contributed by atoms with E-state index in [0.717, 1.165) is 5.56 Å². The van der Waals surface area contributed by atoms with E-state index >= 15 is 0 Å². The van der Waals surface area contributed by atoms with Crippen molar-refractivity contribution in [3.05, 3.63) is 59.5 Å². The molecule has 0 radical (unpaired) electrons. The summed E-state index contributed by atoms with van der Waals surface area (Å²) in [6, 6.07) is 10.4. The Kier molecular flexibility index (Phi) is 5.29. The zero-order chi connectivity index (χ0) is 21.1. The second-order valence-corrected chi connectivity index (χ2v) is 7.02. The van der Waals surface area contributed by atoms with Crippen molar-refractivity contribution >= 4 is 30.1 Å². The Bertz CT molecular complexity index is 1010. The fourth-order valence-corrected chi connectivity index (χ4v) is 3.50. The summed E-state index contributed by atoms with van der Waals surface area (Å²) in [6.07, 6.45) is 2.72. The van der Waals surface area contributed by atoms with Crippen LogP contribution in [0.5, 0.6) is 0 Å². The summed E-state index contributed by atoms with van der Waals surface area (Å²) in [5.41, 5.74) is 1.58. The molecule has 154 valence electrons. The monoisotopic (exact) mass is 408 g/mol. The topological polar surface area (TPSA) is 128 Å². The molecule has 0 spiro atoms. The third kappa shape index (κ3) is 4.22. The largest absolute Gasteiger partial charge is 0.465 e. The van der Waals surface area contributed by atoms with Gasteiger partial charge < -0.3 is 15.3 Å². The summed E-state index contributed by atoms with van der Waals surface area (Å²) in [5.74, 6) is -0.0404. The molecule has 10 nitrogen and oxygen atoms in total. The van der Waals surface area contributed by atoms with Crippen LogP contribution in [0.3, 0.4) is 0 Å². The number of imide groups is 1. The normalized spacial score (nSPS) is 20.0. The highest BCUT2D eigenvalue weighted by Crippen LogP contribution is 2.21. The lowest BCUT2D eigenvalue weighted by atomic mass is 10.2. The Morgan fingerprint density at radius 2 is 2.07 bits per heavy atom. The van der Waals surface area contributed by atoms with Gasteiger partial charge in [-0.3, -0.25) is 15.0 Å². The van der Waals surface area contributed by atoms with E-state index in [1.807, 2.05) is 35.2 Å². The van der Waals surface area contributed by atoms with Gasteiger partial charge in [0.05, 0.1) is 18.3 Å². The number of hydrogen-bond donors (Lipinski definition) is 3. The molecule has 30 heavy (non-hydrogen) atoms. The standard InChI is InChI=1S/C20H20N6O4/c27-17-16(26(19(28)24-17)11-13-4-2-1-3-5-13)10-14-6-8-21-18(22-14)25-9-7-15(12-25)23-20(29)30/h1-6,8,10,15,23H,7,9,11-12H2,(H,29,30)(H,24,27,28)/b16-10+. The van der Waals surface area contributed by atoms with Gasteiger partial charge in [-0.15, -0.1) is 0 Å². The predicted molar refractivity (Wildman–Crippen MR) is 107 cm³/mol. The molecule has 1 unspecified atom stereocenters. The van der Waals surface area contributed by atoms with Crippen molar-refractivity contribution in [2.45, 2.75) is 19.0 Å². The number of carboxylic acid groups (broad SMARTS) is 1. The molecule has 10 heteroatoms. The summed E-state index contributed by atoms with van der Waals surface area (Å²) in [4.78, 5) is 47.4. The smallest absolute Gasteiger partial charge is 0.404 e. The molecule has 2 fully saturated rings. The van der Waals surface area contributed by atoms with Crippen LogP contribution in [0.2, 0.25) is 0 Å². The first-order chi connectivity index (χ1) is 14.5. The molecule has 4 amide bonds. The molecule has 1 aromatic carbocycles. The lowest BCUT2D eigenvalue weighted by Gasteiger charge is -2.17. The van der Waals surface area contributed by atoms with Crippen LogP contribution in [-0.2, 0) is 11.3 Å². The lowest BCUT2D eigenvalue weighted by molar-refractivity contribution is -0.116. The summed E-state index contributed by atoms with van der Waals surface area (Å²) in [6.45, 7) is 1.34. The Balaban J connectivity index is 1.54. The van der Waals surface area contributed by atoms with Crippen molar-refractivity contribution in [2.75, 3.05) is 18.0 Å². The van der Waals surface area contributed by atoms with Crippen LogP contribution in [0.1, 0.15) is 17.7 Å². The fourth-order valence-electron chi connectivity index (χ4n) is 3.50. The molecule has 0 bridgehead atoms. The number of nitrogens with zero attached hydrogens (tertiary/aromatic N) is 4. The van der Waals surface area contributed by atoms with E-state index in [2.05, 4.69) is 20.6 Å². The number of benzene rings is 1. The third-order valence-electron chi connectivity index (χ3n) is 4.92. The van der Waals surface area contributed by atoms with E-state index in [1.165, 1.54) is 4.90 Å². The highest BCUT2D eigenvalue weighted by molar-refractivity contribution is 6.13. The van der Waals surface area contributed by atoms with Crippen LogP contribution in [0.15, 0.2) is 48.3 Å². The molecule has 2 aliphatic heterocycles. The number of aromatic nitrogens is 2. The molecule has 2 aliphatic rings. The first-order valence-corrected chi connectivity index (χ1v) is 9.45. The van der Waals surface area contributed by atoms with Gasteiger partial charge in [0, 0.05) is 19.3 Å². The van der Waals surface area contributed by atoms with Crippen LogP contribution in [-0.4, -0.2) is 57.1 Å². The van der Waals surface area contributed by atoms with Crippen molar-refractivity contribution in [3.8, 4) is 0 Å². The summed E-state index contributed by atoms with van der Waals surface area (Å²) in [5, 5.41) is 13.7. The van der Waals surface area contributed by atoms with Gasteiger partial charge in [0.15, 0.2) is 0 Å². The van der Waals surface area contributed by atoms with Crippen LogP contribution in [0.25, 0.3) is 6.08 Å². The maximum absolute atomic E-state index is 12.3. The van der Waals surface area contributed by atoms with E-state index in [0.29, 0.717) is 31.2 Å². The number of urea groups is 1. The van der Waals surface area contributed by atoms with Gasteiger partial charge >= 0.3 is 12.1 Å². The zero-order valence-corrected chi connectivity index (χ0v) is 16.0. The van der Waals surface area contributed by atoms with Crippen molar-refractivity contribution < 1.29 is 19.5 Å². The highest BCUT2D eigenvalue weighted by atomic mass is 16.4. The van der Waals surface area contributed by atoms with Gasteiger partial charge in [-0.2, -0.15) is 0 Å². The summed E-state index contributed by atoms with van der Waals surface area (Å²) in [7, 11) is 0. The van der Waals surface area contributed by atoms with Gasteiger partial charge in [-0.05, 0) is 24.1 Å². The molecular weight excluding hydrogens is 388 g/mol. The van der Waals surface area contributed by atoms with Gasteiger partial charge in [0.1, 0.15) is 5.70 Å². The van der Waals surface area contributed by atoms with E-state index in [-0.39, 0.29) is 18.3 Å². The first kappa shape index (κ1) is 19.4.